The second-order valence-corrected chi connectivity index (χ2v) is 10.2. The normalized spacial score (nSPS) is 16.3. The third kappa shape index (κ3) is 5.89. The van der Waals surface area contributed by atoms with Crippen LogP contribution in [0.5, 0.6) is 11.5 Å². The summed E-state index contributed by atoms with van der Waals surface area (Å²) in [5.74, 6) is 1.37. The molecule has 1 saturated heterocycles. The van der Waals surface area contributed by atoms with Crippen molar-refractivity contribution < 1.29 is 14.3 Å². The van der Waals surface area contributed by atoms with E-state index in [1.54, 1.807) is 43.8 Å². The zero-order valence-electron chi connectivity index (χ0n) is 20.5. The molecule has 4 rings (SSSR count). The predicted molar refractivity (Wildman–Crippen MR) is 141 cm³/mol. The number of nitrogens with zero attached hydrogens (tertiary/aromatic N) is 3. The van der Waals surface area contributed by atoms with Gasteiger partial charge in [0.05, 0.1) is 20.8 Å². The summed E-state index contributed by atoms with van der Waals surface area (Å²) < 4.78 is 10.8. The van der Waals surface area contributed by atoms with E-state index in [1.807, 2.05) is 25.3 Å². The number of hydrogen-bond acceptors (Lipinski definition) is 7. The maximum absolute atomic E-state index is 12.6. The lowest BCUT2D eigenvalue weighted by atomic mass is 10.1. The first-order valence-electron chi connectivity index (χ1n) is 11.6. The number of methoxy groups -OCH3 is 2. The second kappa shape index (κ2) is 11.3. The third-order valence-corrected chi connectivity index (χ3v) is 7.73. The number of amides is 1. The van der Waals surface area contributed by atoms with Crippen LogP contribution in [0.15, 0.2) is 42.6 Å². The standard InChI is InChI=1S/C26H31ClN4O3S/c1-17-15-30(16-19-8-9-23(33-3)24(12-19)34-4)10-11-31(17)26-29-14-20(35-26)13-28-25(32)21-6-5-7-22(27)18(21)2/h5-9,12,14,17H,10-11,13,15-16H2,1-4H3,(H,28,32). The molecule has 2 heterocycles. The van der Waals surface area contributed by atoms with Gasteiger partial charge in [-0.2, -0.15) is 0 Å². The number of carbonyl (C=O) groups excluding carboxylic acids is 1. The first-order valence-corrected chi connectivity index (χ1v) is 12.8. The van der Waals surface area contributed by atoms with Gasteiger partial charge in [-0.3, -0.25) is 9.69 Å². The van der Waals surface area contributed by atoms with E-state index >= 15 is 0 Å². The summed E-state index contributed by atoms with van der Waals surface area (Å²) in [6.45, 7) is 8.16. The minimum atomic E-state index is -0.128. The zero-order chi connectivity index (χ0) is 24.9. The van der Waals surface area contributed by atoms with Crippen LogP contribution >= 0.6 is 22.9 Å². The summed E-state index contributed by atoms with van der Waals surface area (Å²) in [5.41, 5.74) is 2.59. The maximum Gasteiger partial charge on any atom is 0.251 e. The number of hydrogen-bond donors (Lipinski definition) is 1. The lowest BCUT2D eigenvalue weighted by Gasteiger charge is -2.39. The van der Waals surface area contributed by atoms with Crippen LogP contribution in [0.25, 0.3) is 0 Å². The van der Waals surface area contributed by atoms with Gasteiger partial charge in [-0.15, -0.1) is 11.3 Å². The summed E-state index contributed by atoms with van der Waals surface area (Å²) >= 11 is 7.78. The van der Waals surface area contributed by atoms with Crippen LogP contribution in [0.4, 0.5) is 5.13 Å². The van der Waals surface area contributed by atoms with Crippen molar-refractivity contribution in [2.45, 2.75) is 33.0 Å². The van der Waals surface area contributed by atoms with Gasteiger partial charge in [0.15, 0.2) is 16.6 Å². The smallest absolute Gasteiger partial charge is 0.251 e. The van der Waals surface area contributed by atoms with Crippen LogP contribution in [0.3, 0.4) is 0 Å². The number of benzene rings is 2. The fraction of sp³-hybridized carbons (Fsp3) is 0.385. The number of aromatic nitrogens is 1. The Morgan fingerprint density at radius 1 is 1.20 bits per heavy atom. The molecule has 7 nitrogen and oxygen atoms in total. The average molecular weight is 515 g/mol. The number of halogens is 1. The molecule has 35 heavy (non-hydrogen) atoms. The molecule has 1 N–H and O–H groups in total. The number of ether oxygens (including phenoxy) is 2. The molecule has 1 unspecified atom stereocenters. The molecule has 1 amide bonds. The minimum Gasteiger partial charge on any atom is -0.493 e. The molecule has 0 aliphatic carbocycles. The lowest BCUT2D eigenvalue weighted by molar-refractivity contribution is 0.0950. The van der Waals surface area contributed by atoms with Crippen LogP contribution in [0.1, 0.15) is 33.3 Å². The molecule has 1 aromatic heterocycles. The van der Waals surface area contributed by atoms with E-state index in [1.165, 1.54) is 5.56 Å². The number of nitrogens with one attached hydrogen (secondary N) is 1. The highest BCUT2D eigenvalue weighted by atomic mass is 35.5. The first-order chi connectivity index (χ1) is 16.9. The van der Waals surface area contributed by atoms with Crippen LogP contribution in [0.2, 0.25) is 5.02 Å². The van der Waals surface area contributed by atoms with Crippen LogP contribution in [0, 0.1) is 6.92 Å². The summed E-state index contributed by atoms with van der Waals surface area (Å²) in [7, 11) is 3.31. The Morgan fingerprint density at radius 2 is 2.00 bits per heavy atom. The molecular formula is C26H31ClN4O3S. The first kappa shape index (κ1) is 25.3. The highest BCUT2D eigenvalue weighted by molar-refractivity contribution is 7.15. The molecule has 1 aliphatic rings. The maximum atomic E-state index is 12.6. The molecule has 0 bridgehead atoms. The third-order valence-electron chi connectivity index (χ3n) is 6.29. The van der Waals surface area contributed by atoms with Gasteiger partial charge in [-0.25, -0.2) is 4.98 Å². The largest absolute Gasteiger partial charge is 0.493 e. The topological polar surface area (TPSA) is 66.9 Å². The van der Waals surface area contributed by atoms with Gasteiger partial charge in [0, 0.05) is 53.9 Å². The molecule has 0 radical (unpaired) electrons. The Balaban J connectivity index is 1.32. The predicted octanol–water partition coefficient (Wildman–Crippen LogP) is 4.76. The monoisotopic (exact) mass is 514 g/mol. The van der Waals surface area contributed by atoms with Crippen molar-refractivity contribution in [3.8, 4) is 11.5 Å². The molecular weight excluding hydrogens is 484 g/mol. The van der Waals surface area contributed by atoms with Crippen molar-refractivity contribution in [1.29, 1.82) is 0 Å². The van der Waals surface area contributed by atoms with Crippen molar-refractivity contribution >= 4 is 34.0 Å². The molecule has 3 aromatic rings. The molecule has 1 fully saturated rings. The quantitative estimate of drug-likeness (QED) is 0.467. The van der Waals surface area contributed by atoms with Crippen LogP contribution in [-0.2, 0) is 13.1 Å². The molecule has 0 spiro atoms. The fourth-order valence-corrected chi connectivity index (χ4v) is 5.48. The van der Waals surface area contributed by atoms with Gasteiger partial charge < -0.3 is 19.7 Å². The zero-order valence-corrected chi connectivity index (χ0v) is 22.1. The molecule has 2 aromatic carbocycles. The summed E-state index contributed by atoms with van der Waals surface area (Å²) in [6, 6.07) is 11.8. The lowest BCUT2D eigenvalue weighted by Crippen LogP contribution is -2.51. The Morgan fingerprint density at radius 3 is 2.74 bits per heavy atom. The average Bonchev–Trinajstić information content (AvgIpc) is 3.33. The van der Waals surface area contributed by atoms with Gasteiger partial charge in [0.2, 0.25) is 0 Å². The Bertz CT molecular complexity index is 1190. The number of anilines is 1. The second-order valence-electron chi connectivity index (χ2n) is 8.67. The van der Waals surface area contributed by atoms with Crippen molar-refractivity contribution in [3.63, 3.8) is 0 Å². The minimum absolute atomic E-state index is 0.128. The number of carbonyl (C=O) groups is 1. The Hall–Kier alpha value is -2.81. The van der Waals surface area contributed by atoms with Crippen LogP contribution < -0.4 is 19.7 Å². The van der Waals surface area contributed by atoms with Crippen molar-refractivity contribution in [1.82, 2.24) is 15.2 Å². The summed E-state index contributed by atoms with van der Waals surface area (Å²) in [5, 5.41) is 4.58. The summed E-state index contributed by atoms with van der Waals surface area (Å²) in [6.07, 6.45) is 1.85. The molecule has 9 heteroatoms. The Kier molecular flexibility index (Phi) is 8.15. The van der Waals surface area contributed by atoms with E-state index in [4.69, 9.17) is 21.1 Å². The van der Waals surface area contributed by atoms with Crippen molar-refractivity contribution in [2.24, 2.45) is 0 Å². The van der Waals surface area contributed by atoms with E-state index in [0.29, 0.717) is 23.2 Å². The summed E-state index contributed by atoms with van der Waals surface area (Å²) in [4.78, 5) is 23.1. The fourth-order valence-electron chi connectivity index (χ4n) is 4.33. The number of piperazine rings is 1. The van der Waals surface area contributed by atoms with E-state index in [0.717, 1.165) is 53.3 Å². The van der Waals surface area contributed by atoms with E-state index in [9.17, 15) is 4.79 Å². The van der Waals surface area contributed by atoms with Gasteiger partial charge in [0.1, 0.15) is 0 Å². The van der Waals surface area contributed by atoms with E-state index in [2.05, 4.69) is 33.1 Å². The van der Waals surface area contributed by atoms with Gasteiger partial charge in [-0.05, 0) is 49.2 Å². The highest BCUT2D eigenvalue weighted by Crippen LogP contribution is 2.30. The SMILES string of the molecule is COc1ccc(CN2CCN(c3ncc(CNC(=O)c4cccc(Cl)c4C)s3)C(C)C2)cc1OC. The van der Waals surface area contributed by atoms with Crippen molar-refractivity contribution in [3.05, 3.63) is 69.2 Å². The van der Waals surface area contributed by atoms with E-state index < -0.39 is 0 Å². The number of rotatable bonds is 8. The molecule has 1 aliphatic heterocycles. The highest BCUT2D eigenvalue weighted by Gasteiger charge is 2.26. The molecule has 186 valence electrons. The van der Waals surface area contributed by atoms with Gasteiger partial charge >= 0.3 is 0 Å². The van der Waals surface area contributed by atoms with Crippen LogP contribution in [-0.4, -0.2) is 55.7 Å². The van der Waals surface area contributed by atoms with Gasteiger partial charge in [0.25, 0.3) is 5.91 Å². The van der Waals surface area contributed by atoms with Crippen molar-refractivity contribution in [2.75, 3.05) is 38.8 Å². The number of thiazole rings is 1. The van der Waals surface area contributed by atoms with E-state index in [-0.39, 0.29) is 5.91 Å². The molecule has 1 atom stereocenters. The molecule has 0 saturated carbocycles. The Labute approximate surface area is 215 Å². The van der Waals surface area contributed by atoms with Gasteiger partial charge in [-0.1, -0.05) is 23.7 Å².